The van der Waals surface area contributed by atoms with Crippen molar-refractivity contribution in [3.63, 3.8) is 0 Å². The van der Waals surface area contributed by atoms with Crippen LogP contribution >= 0.6 is 0 Å². The third-order valence-corrected chi connectivity index (χ3v) is 5.68. The van der Waals surface area contributed by atoms with Crippen LogP contribution in [-0.2, 0) is 16.5 Å². The summed E-state index contributed by atoms with van der Waals surface area (Å²) in [6.45, 7) is 2.23. The van der Waals surface area contributed by atoms with Gasteiger partial charge in [-0.25, -0.2) is 8.42 Å². The van der Waals surface area contributed by atoms with Crippen LogP contribution in [0.5, 0.6) is 11.5 Å². The molecular formula is C23H31KO4S. The van der Waals surface area contributed by atoms with Crippen molar-refractivity contribution < 1.29 is 69.1 Å². The number of aryl methyl sites for hydroxylation is 1. The molecular weight excluding hydrogens is 411 g/mol. The van der Waals surface area contributed by atoms with Crippen molar-refractivity contribution in [3.8, 4) is 11.5 Å². The Bertz CT molecular complexity index is 807. The maximum absolute atomic E-state index is 11.4. The standard InChI is InChI=1S/C23H32O4S.K/c1-2-3-4-5-6-7-8-9-11-14-20-17-18-22(28(24,25)26)19-23(20)27-21-15-12-10-13-16-21;/h10,12-13,15-19H,2-9,11,14H2,1H3,(H,24,25,26);/q;+1/p-1. The molecule has 4 nitrogen and oxygen atoms in total. The van der Waals surface area contributed by atoms with Gasteiger partial charge in [-0.1, -0.05) is 82.6 Å². The smallest absolute Gasteiger partial charge is 0.744 e. The minimum atomic E-state index is -4.51. The van der Waals surface area contributed by atoms with Crippen LogP contribution in [0.2, 0.25) is 0 Å². The minimum absolute atomic E-state index is 0. The van der Waals surface area contributed by atoms with E-state index in [0.717, 1.165) is 24.8 Å². The van der Waals surface area contributed by atoms with Crippen molar-refractivity contribution in [2.45, 2.75) is 76.0 Å². The number of hydrogen-bond donors (Lipinski definition) is 0. The molecule has 0 bridgehead atoms. The Morgan fingerprint density at radius 3 is 2.00 bits per heavy atom. The van der Waals surface area contributed by atoms with Gasteiger partial charge >= 0.3 is 51.4 Å². The topological polar surface area (TPSA) is 66.4 Å². The molecule has 0 unspecified atom stereocenters. The van der Waals surface area contributed by atoms with Gasteiger partial charge in [0.25, 0.3) is 0 Å². The van der Waals surface area contributed by atoms with E-state index in [-0.39, 0.29) is 56.3 Å². The largest absolute Gasteiger partial charge is 1.00 e. The van der Waals surface area contributed by atoms with Gasteiger partial charge in [-0.3, -0.25) is 0 Å². The first-order chi connectivity index (χ1) is 13.5. The molecule has 0 heterocycles. The second kappa shape index (κ2) is 14.7. The van der Waals surface area contributed by atoms with E-state index in [1.807, 2.05) is 18.2 Å². The average Bonchev–Trinajstić information content (AvgIpc) is 2.67. The van der Waals surface area contributed by atoms with Gasteiger partial charge in [-0.05, 0) is 42.7 Å². The number of unbranched alkanes of at least 4 members (excludes halogenated alkanes) is 8. The van der Waals surface area contributed by atoms with Gasteiger partial charge in [0.1, 0.15) is 21.6 Å². The minimum Gasteiger partial charge on any atom is -0.744 e. The molecule has 2 aromatic rings. The van der Waals surface area contributed by atoms with Crippen molar-refractivity contribution in [1.29, 1.82) is 0 Å². The summed E-state index contributed by atoms with van der Waals surface area (Å²) in [6.07, 6.45) is 12.0. The first-order valence-electron chi connectivity index (χ1n) is 10.3. The summed E-state index contributed by atoms with van der Waals surface area (Å²) in [6, 6.07) is 13.6. The van der Waals surface area contributed by atoms with Crippen LogP contribution < -0.4 is 56.1 Å². The Kier molecular flexibility index (Phi) is 13.6. The second-order valence-electron chi connectivity index (χ2n) is 7.22. The fraction of sp³-hybridized carbons (Fsp3) is 0.478. The van der Waals surface area contributed by atoms with E-state index in [9.17, 15) is 13.0 Å². The van der Waals surface area contributed by atoms with Crippen LogP contribution in [0.1, 0.15) is 70.3 Å². The SMILES string of the molecule is CCCCCCCCCCCc1ccc(S(=O)(=O)[O-])cc1Oc1ccccc1.[K+]. The Labute approximate surface area is 218 Å². The Hall–Kier alpha value is -0.214. The van der Waals surface area contributed by atoms with Gasteiger partial charge in [0.2, 0.25) is 0 Å². The van der Waals surface area contributed by atoms with E-state index >= 15 is 0 Å². The van der Waals surface area contributed by atoms with Crippen LogP contribution in [-0.4, -0.2) is 13.0 Å². The molecule has 6 heteroatoms. The molecule has 0 saturated carbocycles. The van der Waals surface area contributed by atoms with Gasteiger partial charge < -0.3 is 9.29 Å². The maximum Gasteiger partial charge on any atom is 1.00 e. The molecule has 0 aromatic heterocycles. The van der Waals surface area contributed by atoms with Crippen molar-refractivity contribution in [2.75, 3.05) is 0 Å². The van der Waals surface area contributed by atoms with E-state index in [1.165, 1.54) is 57.1 Å². The van der Waals surface area contributed by atoms with Gasteiger partial charge in [-0.2, -0.15) is 0 Å². The van der Waals surface area contributed by atoms with Crippen molar-refractivity contribution in [1.82, 2.24) is 0 Å². The first kappa shape index (κ1) is 26.8. The van der Waals surface area contributed by atoms with Crippen molar-refractivity contribution in [2.24, 2.45) is 0 Å². The molecule has 0 fully saturated rings. The van der Waals surface area contributed by atoms with E-state index in [0.29, 0.717) is 11.5 Å². The molecule has 0 saturated heterocycles. The second-order valence-corrected chi connectivity index (χ2v) is 8.60. The first-order valence-corrected chi connectivity index (χ1v) is 11.7. The van der Waals surface area contributed by atoms with Crippen LogP contribution in [0.25, 0.3) is 0 Å². The molecule has 2 aromatic carbocycles. The van der Waals surface area contributed by atoms with Crippen molar-refractivity contribution in [3.05, 3.63) is 54.1 Å². The Morgan fingerprint density at radius 2 is 1.41 bits per heavy atom. The van der Waals surface area contributed by atoms with Crippen LogP contribution in [0.4, 0.5) is 0 Å². The van der Waals surface area contributed by atoms with E-state index in [4.69, 9.17) is 4.74 Å². The van der Waals surface area contributed by atoms with Crippen LogP contribution in [0, 0.1) is 0 Å². The third-order valence-electron chi connectivity index (χ3n) is 4.85. The molecule has 0 N–H and O–H groups in total. The maximum atomic E-state index is 11.4. The van der Waals surface area contributed by atoms with Gasteiger partial charge in [0.15, 0.2) is 0 Å². The normalized spacial score (nSPS) is 11.1. The number of hydrogen-bond acceptors (Lipinski definition) is 4. The molecule has 0 atom stereocenters. The number of ether oxygens (including phenoxy) is 1. The summed E-state index contributed by atoms with van der Waals surface area (Å²) in [7, 11) is -4.51. The number of benzene rings is 2. The predicted molar refractivity (Wildman–Crippen MR) is 112 cm³/mol. The number of rotatable bonds is 13. The third kappa shape index (κ3) is 10.6. The predicted octanol–water partition coefficient (Wildman–Crippen LogP) is 3.46. The fourth-order valence-electron chi connectivity index (χ4n) is 3.23. The summed E-state index contributed by atoms with van der Waals surface area (Å²) < 4.78 is 40.0. The summed E-state index contributed by atoms with van der Waals surface area (Å²) in [4.78, 5) is -0.255. The van der Waals surface area contributed by atoms with Gasteiger partial charge in [-0.15, -0.1) is 0 Å². The molecule has 0 aliphatic carbocycles. The van der Waals surface area contributed by atoms with Gasteiger partial charge in [0.05, 0.1) is 4.90 Å². The van der Waals surface area contributed by atoms with Gasteiger partial charge in [0, 0.05) is 0 Å². The summed E-state index contributed by atoms with van der Waals surface area (Å²) in [5, 5.41) is 0. The fourth-order valence-corrected chi connectivity index (χ4v) is 3.72. The average molecular weight is 443 g/mol. The molecule has 154 valence electrons. The zero-order chi connectivity index (χ0) is 20.2. The molecule has 0 spiro atoms. The molecule has 0 radical (unpaired) electrons. The van der Waals surface area contributed by atoms with E-state index in [2.05, 4.69) is 6.92 Å². The number of para-hydroxylation sites is 1. The monoisotopic (exact) mass is 442 g/mol. The Balaban J connectivity index is 0.00000420. The molecule has 0 amide bonds. The zero-order valence-corrected chi connectivity index (χ0v) is 21.7. The molecule has 0 aliphatic rings. The summed E-state index contributed by atoms with van der Waals surface area (Å²) in [5.74, 6) is 1.07. The van der Waals surface area contributed by atoms with E-state index < -0.39 is 10.1 Å². The molecule has 0 aliphatic heterocycles. The van der Waals surface area contributed by atoms with Crippen LogP contribution in [0.15, 0.2) is 53.4 Å². The quantitative estimate of drug-likeness (QED) is 0.271. The summed E-state index contributed by atoms with van der Waals surface area (Å²) in [5.41, 5.74) is 0.930. The molecule has 29 heavy (non-hydrogen) atoms. The zero-order valence-electron chi connectivity index (χ0n) is 17.7. The Morgan fingerprint density at radius 1 is 0.828 bits per heavy atom. The van der Waals surface area contributed by atoms with E-state index in [1.54, 1.807) is 18.2 Å². The van der Waals surface area contributed by atoms with Crippen LogP contribution in [0.3, 0.4) is 0 Å². The molecule has 2 rings (SSSR count). The van der Waals surface area contributed by atoms with Crippen molar-refractivity contribution >= 4 is 10.1 Å². The summed E-state index contributed by atoms with van der Waals surface area (Å²) >= 11 is 0.